The van der Waals surface area contributed by atoms with Crippen molar-refractivity contribution in [2.45, 2.75) is 0 Å². The van der Waals surface area contributed by atoms with Crippen LogP contribution < -0.4 is 0 Å². The molecule has 0 heterocycles. The normalized spacial score (nSPS) is 0. The van der Waals surface area contributed by atoms with Crippen LogP contribution in [0.4, 0.5) is 0 Å². The fourth-order valence-corrected chi connectivity index (χ4v) is 0. The zero-order valence-corrected chi connectivity index (χ0v) is 14.3. The van der Waals surface area contributed by atoms with Gasteiger partial charge in [0.25, 0.3) is 0 Å². The van der Waals surface area contributed by atoms with Crippen LogP contribution in [0.5, 0.6) is 0 Å². The smallest absolute Gasteiger partial charge is 2.00 e. The molecule has 0 saturated heterocycles. The van der Waals surface area contributed by atoms with Gasteiger partial charge in [-0.1, -0.05) is 0 Å². The Morgan fingerprint density at radius 1 is 0.273 bits per heavy atom. The zero-order chi connectivity index (χ0) is 0. The summed E-state index contributed by atoms with van der Waals surface area (Å²) in [5.74, 6) is 0. The number of rotatable bonds is 0. The largest absolute Gasteiger partial charge is 3.00 e. The zero-order valence-electron chi connectivity index (χ0n) is 4.68. The van der Waals surface area contributed by atoms with E-state index in [2.05, 4.69) is 0 Å². The first kappa shape index (κ1) is 382. The van der Waals surface area contributed by atoms with Gasteiger partial charge in [0.15, 0.2) is 0 Å². The summed E-state index contributed by atoms with van der Waals surface area (Å²) in [4.78, 5) is 0. The molecule has 7 nitrogen and oxygen atoms in total. The van der Waals surface area contributed by atoms with Crippen LogP contribution in [0.1, 0.15) is 0 Å². The third-order valence-electron chi connectivity index (χ3n) is 0. The van der Waals surface area contributed by atoms with Crippen molar-refractivity contribution in [3.8, 4) is 0 Å². The average Bonchev–Trinajstić information content (AvgIpc) is 0. The van der Waals surface area contributed by atoms with Gasteiger partial charge < -0.3 is 38.3 Å². The monoisotopic (exact) mass is 636 g/mol. The first-order valence-electron chi connectivity index (χ1n) is 0. The quantitative estimate of drug-likeness (QED) is 0.277. The van der Waals surface area contributed by atoms with E-state index in [0.29, 0.717) is 0 Å². The molecule has 0 aliphatic rings. The summed E-state index contributed by atoms with van der Waals surface area (Å²) >= 11 is 0. The molecule has 0 saturated carbocycles. The summed E-state index contributed by atoms with van der Waals surface area (Å²) in [7, 11) is 0. The minimum absolute atomic E-state index is 0. The van der Waals surface area contributed by atoms with E-state index in [1.807, 2.05) is 0 Å². The molecule has 0 aromatic carbocycles. The van der Waals surface area contributed by atoms with Crippen LogP contribution >= 0.6 is 0 Å². The molecule has 0 aliphatic heterocycles. The van der Waals surface area contributed by atoms with Crippen molar-refractivity contribution >= 4 is 39.6 Å². The van der Waals surface area contributed by atoms with E-state index in [4.69, 9.17) is 0 Å². The molecule has 0 aromatic heterocycles. The summed E-state index contributed by atoms with van der Waals surface area (Å²) in [6.07, 6.45) is 0. The molecule has 0 aromatic rings. The van der Waals surface area contributed by atoms with E-state index >= 15 is 0 Å². The molecule has 0 unspecified atom stereocenters. The standard InChI is InChI=1S/2Ga.2Ir.7O/q2*+3;;;7*-2. The van der Waals surface area contributed by atoms with E-state index in [9.17, 15) is 0 Å². The van der Waals surface area contributed by atoms with E-state index in [-0.39, 0.29) is 118 Å². The Kier molecular flexibility index (Phi) is 10400. The molecular formula is Ga2Ir2O7-8. The fourth-order valence-electron chi connectivity index (χ4n) is 0. The van der Waals surface area contributed by atoms with Crippen molar-refractivity contribution in [3.05, 3.63) is 0 Å². The van der Waals surface area contributed by atoms with Gasteiger partial charge in [-0.15, -0.1) is 0 Å². The van der Waals surface area contributed by atoms with Gasteiger partial charge in [-0.05, 0) is 0 Å². The van der Waals surface area contributed by atoms with Gasteiger partial charge >= 0.3 is 39.6 Å². The van der Waals surface area contributed by atoms with Crippen LogP contribution in [-0.2, 0) is 78.5 Å². The molecule has 0 fully saturated rings. The first-order valence-corrected chi connectivity index (χ1v) is 0. The van der Waals surface area contributed by atoms with Gasteiger partial charge in [0, 0.05) is 40.2 Å². The van der Waals surface area contributed by atoms with Crippen molar-refractivity contribution in [1.29, 1.82) is 0 Å². The van der Waals surface area contributed by atoms with Crippen LogP contribution in [-0.4, -0.2) is 39.6 Å². The summed E-state index contributed by atoms with van der Waals surface area (Å²) < 4.78 is 0. The third kappa shape index (κ3) is 248. The Bertz CT molecular complexity index is 14.4. The van der Waals surface area contributed by atoms with Crippen molar-refractivity contribution in [2.24, 2.45) is 0 Å². The third-order valence-corrected chi connectivity index (χ3v) is 0. The molecular weight excluding hydrogens is 636 g/mol. The minimum atomic E-state index is 0. The first-order chi connectivity index (χ1) is 0. The predicted octanol–water partition coefficient (Wildman–Crippen LogP) is -1.60. The number of hydrogen-bond donors (Lipinski definition) is 0. The maximum Gasteiger partial charge on any atom is 3.00 e. The van der Waals surface area contributed by atoms with E-state index in [0.717, 1.165) is 0 Å². The number of hydrogen-bond acceptors (Lipinski definition) is 0. The van der Waals surface area contributed by atoms with Crippen LogP contribution in [0.25, 0.3) is 0 Å². The topological polar surface area (TPSA) is 200 Å². The van der Waals surface area contributed by atoms with Crippen LogP contribution in [0.15, 0.2) is 0 Å². The van der Waals surface area contributed by atoms with Gasteiger partial charge in [-0.2, -0.15) is 0 Å². The van der Waals surface area contributed by atoms with Gasteiger partial charge in [-0.3, -0.25) is 0 Å². The second-order valence-electron chi connectivity index (χ2n) is 0. The molecule has 0 aliphatic carbocycles. The second kappa shape index (κ2) is 298. The maximum absolute atomic E-state index is 0. The molecule has 0 spiro atoms. The Morgan fingerprint density at radius 3 is 0.273 bits per heavy atom. The van der Waals surface area contributed by atoms with Crippen molar-refractivity contribution in [2.75, 3.05) is 0 Å². The summed E-state index contributed by atoms with van der Waals surface area (Å²) in [6.45, 7) is 0. The van der Waals surface area contributed by atoms with Crippen molar-refractivity contribution in [1.82, 2.24) is 0 Å². The summed E-state index contributed by atoms with van der Waals surface area (Å²) in [5.41, 5.74) is 0. The predicted molar refractivity (Wildman–Crippen MR) is 16.3 cm³/mol. The minimum Gasteiger partial charge on any atom is -2.00 e. The molecule has 0 amide bonds. The van der Waals surface area contributed by atoms with E-state index in [1.165, 1.54) is 0 Å². The van der Waals surface area contributed by atoms with Crippen LogP contribution in [0.2, 0.25) is 0 Å². The fraction of sp³-hybridized carbons (Fsp3) is 0. The Labute approximate surface area is 117 Å². The van der Waals surface area contributed by atoms with Crippen LogP contribution in [0, 0.1) is 0 Å². The molecule has 0 rings (SSSR count). The second-order valence-corrected chi connectivity index (χ2v) is 0. The van der Waals surface area contributed by atoms with E-state index < -0.39 is 0 Å². The van der Waals surface area contributed by atoms with Crippen LogP contribution in [0.3, 0.4) is 0 Å². The summed E-state index contributed by atoms with van der Waals surface area (Å²) in [5, 5.41) is 0. The molecule has 0 atom stereocenters. The van der Waals surface area contributed by atoms with Gasteiger partial charge in [0.1, 0.15) is 0 Å². The Morgan fingerprint density at radius 2 is 0.273 bits per heavy atom. The molecule has 0 bridgehead atoms. The van der Waals surface area contributed by atoms with Gasteiger partial charge in [0.2, 0.25) is 0 Å². The Hall–Kier alpha value is 2.29. The van der Waals surface area contributed by atoms with E-state index in [1.54, 1.807) is 0 Å². The van der Waals surface area contributed by atoms with Crippen molar-refractivity contribution in [3.63, 3.8) is 0 Å². The molecule has 11 heavy (non-hydrogen) atoms. The van der Waals surface area contributed by atoms with Gasteiger partial charge in [0.05, 0.1) is 0 Å². The van der Waals surface area contributed by atoms with Crippen molar-refractivity contribution < 1.29 is 78.5 Å². The molecule has 11 heteroatoms. The molecule has 2 radical (unpaired) electrons. The van der Waals surface area contributed by atoms with Gasteiger partial charge in [-0.25, -0.2) is 0 Å². The molecule has 0 N–H and O–H groups in total. The summed E-state index contributed by atoms with van der Waals surface area (Å²) in [6, 6.07) is 0. The maximum atomic E-state index is 0. The average molecular weight is 636 g/mol. The SMILES string of the molecule is [Ga+3].[Ga+3].[Ir].[Ir].[O-2].[O-2].[O-2].[O-2].[O-2].[O-2].[O-2]. The Balaban J connectivity index is 0. The molecule has 74 valence electrons.